The van der Waals surface area contributed by atoms with Crippen LogP contribution >= 0.6 is 0 Å². The zero-order valence-corrected chi connectivity index (χ0v) is 14.6. The summed E-state index contributed by atoms with van der Waals surface area (Å²) in [4.78, 5) is 2.43. The van der Waals surface area contributed by atoms with Crippen molar-refractivity contribution in [3.05, 3.63) is 78.4 Å². The van der Waals surface area contributed by atoms with Crippen molar-refractivity contribution in [2.75, 3.05) is 31.1 Å². The van der Waals surface area contributed by atoms with Crippen molar-refractivity contribution < 1.29 is 0 Å². The van der Waals surface area contributed by atoms with Crippen LogP contribution in [0.2, 0.25) is 0 Å². The van der Waals surface area contributed by atoms with Crippen LogP contribution in [0.1, 0.15) is 12.5 Å². The van der Waals surface area contributed by atoms with Crippen molar-refractivity contribution in [2.45, 2.75) is 6.92 Å². The number of benzene rings is 3. The molecule has 1 heterocycles. The van der Waals surface area contributed by atoms with Crippen molar-refractivity contribution >= 4 is 22.2 Å². The van der Waals surface area contributed by atoms with Gasteiger partial charge in [-0.2, -0.15) is 5.10 Å². The molecule has 25 heavy (non-hydrogen) atoms. The fraction of sp³-hybridized carbons (Fsp3) is 0.227. The molecule has 0 saturated carbocycles. The number of hydrogen-bond donors (Lipinski definition) is 0. The van der Waals surface area contributed by atoms with E-state index in [-0.39, 0.29) is 0 Å². The predicted molar refractivity (Wildman–Crippen MR) is 106 cm³/mol. The first-order chi connectivity index (χ1) is 12.3. The Bertz CT molecular complexity index is 878. The summed E-state index contributed by atoms with van der Waals surface area (Å²) in [5.41, 5.74) is 3.58. The summed E-state index contributed by atoms with van der Waals surface area (Å²) in [5, 5.41) is 9.60. The van der Waals surface area contributed by atoms with Crippen LogP contribution in [0.15, 0.2) is 77.9 Å². The summed E-state index contributed by atoms with van der Waals surface area (Å²) in [7, 11) is 0. The van der Waals surface area contributed by atoms with Crippen molar-refractivity contribution in [1.29, 1.82) is 0 Å². The van der Waals surface area contributed by atoms with E-state index in [9.17, 15) is 0 Å². The molecule has 0 amide bonds. The van der Waals surface area contributed by atoms with Gasteiger partial charge in [0.1, 0.15) is 0 Å². The highest BCUT2D eigenvalue weighted by atomic mass is 15.5. The van der Waals surface area contributed by atoms with E-state index in [1.54, 1.807) is 0 Å². The maximum absolute atomic E-state index is 4.86. The molecule has 1 aliphatic heterocycles. The summed E-state index contributed by atoms with van der Waals surface area (Å²) < 4.78 is 0. The Balaban J connectivity index is 1.45. The van der Waals surface area contributed by atoms with Crippen LogP contribution in [-0.4, -0.2) is 36.9 Å². The predicted octanol–water partition coefficient (Wildman–Crippen LogP) is 4.39. The Morgan fingerprint density at radius 1 is 0.760 bits per heavy atom. The Hall–Kier alpha value is -2.81. The summed E-state index contributed by atoms with van der Waals surface area (Å²) in [5.74, 6) is 0. The van der Waals surface area contributed by atoms with Gasteiger partial charge < -0.3 is 4.90 Å². The van der Waals surface area contributed by atoms with Crippen LogP contribution in [0.5, 0.6) is 0 Å². The van der Waals surface area contributed by atoms with Gasteiger partial charge in [0.05, 0.1) is 18.8 Å². The van der Waals surface area contributed by atoms with E-state index in [1.165, 1.54) is 22.0 Å². The lowest BCUT2D eigenvalue weighted by Crippen LogP contribution is -2.44. The lowest BCUT2D eigenvalue weighted by molar-refractivity contribution is 0.270. The smallest absolute Gasteiger partial charge is 0.0646 e. The van der Waals surface area contributed by atoms with E-state index in [4.69, 9.17) is 5.10 Å². The molecule has 1 saturated heterocycles. The third kappa shape index (κ3) is 3.50. The standard InChI is InChI=1S/C22H23N3/c1-18(20-12-11-19-7-5-6-8-21(19)17-20)23-25-15-13-24(14-16-25)22-9-3-2-4-10-22/h2-12,17H,13-16H2,1H3/b23-18+. The van der Waals surface area contributed by atoms with E-state index in [2.05, 4.69) is 89.6 Å². The normalized spacial score (nSPS) is 15.6. The molecule has 3 aromatic rings. The molecule has 126 valence electrons. The fourth-order valence-electron chi connectivity index (χ4n) is 3.38. The molecule has 1 aliphatic rings. The maximum Gasteiger partial charge on any atom is 0.0646 e. The summed E-state index contributed by atoms with van der Waals surface area (Å²) in [6.45, 7) is 6.05. The van der Waals surface area contributed by atoms with Gasteiger partial charge in [0, 0.05) is 18.8 Å². The van der Waals surface area contributed by atoms with Gasteiger partial charge in [-0.05, 0) is 41.5 Å². The number of nitrogens with zero attached hydrogens (tertiary/aromatic N) is 3. The molecule has 0 aromatic heterocycles. The Morgan fingerprint density at radius 2 is 1.44 bits per heavy atom. The summed E-state index contributed by atoms with van der Waals surface area (Å²) >= 11 is 0. The Morgan fingerprint density at radius 3 is 2.20 bits per heavy atom. The third-order valence-corrected chi connectivity index (χ3v) is 4.84. The van der Waals surface area contributed by atoms with Crippen LogP contribution in [0.4, 0.5) is 5.69 Å². The van der Waals surface area contributed by atoms with E-state index in [1.807, 2.05) is 0 Å². The number of hydrazone groups is 1. The van der Waals surface area contributed by atoms with Gasteiger partial charge in [0.2, 0.25) is 0 Å². The molecule has 3 heteroatoms. The monoisotopic (exact) mass is 329 g/mol. The van der Waals surface area contributed by atoms with Gasteiger partial charge in [-0.25, -0.2) is 0 Å². The van der Waals surface area contributed by atoms with E-state index in [0.717, 1.165) is 31.9 Å². The second-order valence-electron chi connectivity index (χ2n) is 6.52. The molecule has 0 bridgehead atoms. The number of hydrogen-bond acceptors (Lipinski definition) is 3. The van der Waals surface area contributed by atoms with Gasteiger partial charge in [-0.3, -0.25) is 5.01 Å². The van der Waals surface area contributed by atoms with Crippen LogP contribution in [0.25, 0.3) is 10.8 Å². The van der Waals surface area contributed by atoms with E-state index in [0.29, 0.717) is 0 Å². The van der Waals surface area contributed by atoms with Gasteiger partial charge in [-0.1, -0.05) is 54.6 Å². The minimum Gasteiger partial charge on any atom is -0.368 e. The molecule has 0 spiro atoms. The summed E-state index contributed by atoms with van der Waals surface area (Å²) in [6.07, 6.45) is 0. The summed E-state index contributed by atoms with van der Waals surface area (Å²) in [6, 6.07) is 25.7. The molecule has 0 radical (unpaired) electrons. The second-order valence-corrected chi connectivity index (χ2v) is 6.52. The minimum absolute atomic E-state index is 0.958. The Labute approximate surface area is 149 Å². The average Bonchev–Trinajstić information content (AvgIpc) is 2.69. The van der Waals surface area contributed by atoms with E-state index < -0.39 is 0 Å². The zero-order chi connectivity index (χ0) is 17.1. The van der Waals surface area contributed by atoms with Gasteiger partial charge in [0.25, 0.3) is 0 Å². The first kappa shape index (κ1) is 15.7. The van der Waals surface area contributed by atoms with Crippen molar-refractivity contribution in [2.24, 2.45) is 5.10 Å². The quantitative estimate of drug-likeness (QED) is 0.664. The second kappa shape index (κ2) is 6.98. The lowest BCUT2D eigenvalue weighted by atomic mass is 10.0. The van der Waals surface area contributed by atoms with Gasteiger partial charge in [0.15, 0.2) is 0 Å². The molecule has 4 rings (SSSR count). The zero-order valence-electron chi connectivity index (χ0n) is 14.6. The highest BCUT2D eigenvalue weighted by molar-refractivity contribution is 6.01. The van der Waals surface area contributed by atoms with Crippen molar-refractivity contribution in [3.63, 3.8) is 0 Å². The van der Waals surface area contributed by atoms with Crippen LogP contribution in [0, 0.1) is 0 Å². The number of para-hydroxylation sites is 1. The number of rotatable bonds is 3. The molecule has 0 aliphatic carbocycles. The number of piperazine rings is 1. The fourth-order valence-corrected chi connectivity index (χ4v) is 3.38. The highest BCUT2D eigenvalue weighted by Gasteiger charge is 2.16. The molecular formula is C22H23N3. The average molecular weight is 329 g/mol. The Kier molecular flexibility index (Phi) is 4.38. The topological polar surface area (TPSA) is 18.8 Å². The molecular weight excluding hydrogens is 306 g/mol. The first-order valence-corrected chi connectivity index (χ1v) is 8.89. The molecule has 0 N–H and O–H groups in total. The molecule has 0 atom stereocenters. The molecule has 3 aromatic carbocycles. The maximum atomic E-state index is 4.86. The van der Waals surface area contributed by atoms with Crippen molar-refractivity contribution in [1.82, 2.24) is 5.01 Å². The number of fused-ring (bicyclic) bond motifs is 1. The van der Waals surface area contributed by atoms with Gasteiger partial charge in [-0.15, -0.1) is 0 Å². The van der Waals surface area contributed by atoms with Crippen molar-refractivity contribution in [3.8, 4) is 0 Å². The first-order valence-electron chi connectivity index (χ1n) is 8.89. The van der Waals surface area contributed by atoms with Crippen LogP contribution in [-0.2, 0) is 0 Å². The lowest BCUT2D eigenvalue weighted by Gasteiger charge is -2.35. The number of anilines is 1. The third-order valence-electron chi connectivity index (χ3n) is 4.84. The molecule has 1 fully saturated rings. The van der Waals surface area contributed by atoms with Crippen LogP contribution in [0.3, 0.4) is 0 Å². The molecule has 0 unspecified atom stereocenters. The van der Waals surface area contributed by atoms with E-state index >= 15 is 0 Å². The SMILES string of the molecule is C/C(=N\N1CCN(c2ccccc2)CC1)c1ccc2ccccc2c1. The largest absolute Gasteiger partial charge is 0.368 e. The minimum atomic E-state index is 0.958. The molecule has 3 nitrogen and oxygen atoms in total. The highest BCUT2D eigenvalue weighted by Crippen LogP contribution is 2.18. The van der Waals surface area contributed by atoms with Gasteiger partial charge >= 0.3 is 0 Å². The van der Waals surface area contributed by atoms with Crippen LogP contribution < -0.4 is 4.90 Å².